The van der Waals surface area contributed by atoms with E-state index in [1.54, 1.807) is 48.5 Å². The van der Waals surface area contributed by atoms with E-state index in [1.165, 1.54) is 0 Å². The number of nitrogens with one attached hydrogen (secondary N) is 1. The first kappa shape index (κ1) is 24.5. The molecule has 2 aromatic carbocycles. The smallest absolute Gasteiger partial charge is 0.392 e. The second kappa shape index (κ2) is 9.58. The van der Waals surface area contributed by atoms with Crippen molar-refractivity contribution in [3.63, 3.8) is 0 Å². The van der Waals surface area contributed by atoms with Crippen LogP contribution < -0.4 is 5.32 Å². The third-order valence-corrected chi connectivity index (χ3v) is 7.84. The van der Waals surface area contributed by atoms with Gasteiger partial charge in [-0.2, -0.15) is 13.2 Å². The van der Waals surface area contributed by atoms with Gasteiger partial charge in [-0.05, 0) is 59.9 Å². The standard InChI is InChI=1S/C25H23ClF3NO3S/c1-13(25(27,28)29)23(21-11-16-4-2-3-5-20(16)34-21)24(33)30-19-10-15(8-9-18(19)26)17(12-22(31)32)14-6-7-14/h2-5,8-11,13-14,17,23H,6-7,12H2,1H3,(H,30,33)(H,31,32)/t13-,17+,23-/m1/s1. The average molecular weight is 510 g/mol. The summed E-state index contributed by atoms with van der Waals surface area (Å²) in [5.74, 6) is -5.13. The van der Waals surface area contributed by atoms with Crippen LogP contribution in [0.5, 0.6) is 0 Å². The third kappa shape index (κ3) is 5.39. The first-order chi connectivity index (χ1) is 16.0. The number of hydrogen-bond acceptors (Lipinski definition) is 3. The molecule has 2 N–H and O–H groups in total. The van der Waals surface area contributed by atoms with E-state index < -0.39 is 29.9 Å². The van der Waals surface area contributed by atoms with Crippen LogP contribution in [0.15, 0.2) is 48.5 Å². The maximum Gasteiger partial charge on any atom is 0.392 e. The van der Waals surface area contributed by atoms with Crippen LogP contribution in [0, 0.1) is 11.8 Å². The predicted molar refractivity (Wildman–Crippen MR) is 128 cm³/mol. The minimum absolute atomic E-state index is 0.0603. The third-order valence-electron chi connectivity index (χ3n) is 6.31. The molecule has 34 heavy (non-hydrogen) atoms. The van der Waals surface area contributed by atoms with Crippen LogP contribution in [0.25, 0.3) is 10.1 Å². The molecule has 1 saturated carbocycles. The van der Waals surface area contributed by atoms with Crippen molar-refractivity contribution >= 4 is 50.6 Å². The Morgan fingerprint density at radius 2 is 1.88 bits per heavy atom. The van der Waals surface area contributed by atoms with Gasteiger partial charge in [0.15, 0.2) is 0 Å². The SMILES string of the molecule is C[C@H]([C@@H](C(=O)Nc1cc([C@@H](CC(=O)O)C2CC2)ccc1Cl)c1cc2ccccc2s1)C(F)(F)F. The Morgan fingerprint density at radius 3 is 2.50 bits per heavy atom. The lowest BCUT2D eigenvalue weighted by molar-refractivity contribution is -0.177. The fourth-order valence-electron chi connectivity index (χ4n) is 4.27. The number of rotatable bonds is 8. The van der Waals surface area contributed by atoms with Crippen molar-refractivity contribution in [2.75, 3.05) is 5.32 Å². The highest BCUT2D eigenvalue weighted by Crippen LogP contribution is 2.46. The number of anilines is 1. The molecule has 0 spiro atoms. The number of thiophene rings is 1. The number of aliphatic carboxylic acids is 1. The van der Waals surface area contributed by atoms with Gasteiger partial charge in [-0.25, -0.2) is 0 Å². The Morgan fingerprint density at radius 1 is 1.18 bits per heavy atom. The number of amides is 1. The van der Waals surface area contributed by atoms with E-state index in [9.17, 15) is 27.9 Å². The summed E-state index contributed by atoms with van der Waals surface area (Å²) in [6.07, 6.45) is -2.81. The second-order valence-corrected chi connectivity index (χ2v) is 10.3. The molecule has 1 heterocycles. The summed E-state index contributed by atoms with van der Waals surface area (Å²) in [4.78, 5) is 24.9. The molecule has 1 fully saturated rings. The zero-order valence-electron chi connectivity index (χ0n) is 18.2. The van der Waals surface area contributed by atoms with Gasteiger partial charge in [-0.1, -0.05) is 42.8 Å². The van der Waals surface area contributed by atoms with Crippen molar-refractivity contribution in [3.05, 3.63) is 64.0 Å². The summed E-state index contributed by atoms with van der Waals surface area (Å²) in [5.41, 5.74) is 0.882. The van der Waals surface area contributed by atoms with Gasteiger partial charge in [0.05, 0.1) is 29.0 Å². The van der Waals surface area contributed by atoms with E-state index in [2.05, 4.69) is 5.32 Å². The van der Waals surface area contributed by atoms with Gasteiger partial charge in [0, 0.05) is 9.58 Å². The highest BCUT2D eigenvalue weighted by atomic mass is 35.5. The first-order valence-corrected chi connectivity index (χ1v) is 12.1. The summed E-state index contributed by atoms with van der Waals surface area (Å²) in [6, 6.07) is 13.7. The van der Waals surface area contributed by atoms with Crippen LogP contribution in [-0.4, -0.2) is 23.2 Å². The van der Waals surface area contributed by atoms with Crippen LogP contribution in [0.3, 0.4) is 0 Å². The van der Waals surface area contributed by atoms with Gasteiger partial charge in [0.2, 0.25) is 5.91 Å². The van der Waals surface area contributed by atoms with Gasteiger partial charge >= 0.3 is 12.1 Å². The van der Waals surface area contributed by atoms with E-state index >= 15 is 0 Å². The maximum absolute atomic E-state index is 13.7. The van der Waals surface area contributed by atoms with Crippen molar-refractivity contribution in [1.82, 2.24) is 0 Å². The Bertz CT molecular complexity index is 1190. The van der Waals surface area contributed by atoms with Crippen molar-refractivity contribution in [1.29, 1.82) is 0 Å². The van der Waals surface area contributed by atoms with E-state index in [4.69, 9.17) is 11.6 Å². The number of hydrogen-bond donors (Lipinski definition) is 2. The molecule has 4 nitrogen and oxygen atoms in total. The molecule has 180 valence electrons. The highest BCUT2D eigenvalue weighted by molar-refractivity contribution is 7.19. The molecule has 1 aliphatic rings. The average Bonchev–Trinajstić information content (AvgIpc) is 3.51. The molecule has 1 amide bonds. The minimum Gasteiger partial charge on any atom is -0.481 e. The Balaban J connectivity index is 1.66. The van der Waals surface area contributed by atoms with Crippen LogP contribution in [-0.2, 0) is 9.59 Å². The molecule has 3 aromatic rings. The number of benzene rings is 2. The predicted octanol–water partition coefficient (Wildman–Crippen LogP) is 7.44. The molecule has 0 aliphatic heterocycles. The van der Waals surface area contributed by atoms with Gasteiger partial charge < -0.3 is 10.4 Å². The monoisotopic (exact) mass is 509 g/mol. The summed E-state index contributed by atoms with van der Waals surface area (Å²) in [7, 11) is 0. The van der Waals surface area contributed by atoms with Crippen molar-refractivity contribution in [3.8, 4) is 0 Å². The quantitative estimate of drug-likeness (QED) is 0.331. The number of carbonyl (C=O) groups is 2. The summed E-state index contributed by atoms with van der Waals surface area (Å²) in [5, 5.41) is 12.8. The van der Waals surface area contributed by atoms with Gasteiger partial charge in [0.25, 0.3) is 0 Å². The topological polar surface area (TPSA) is 66.4 Å². The molecular formula is C25H23ClF3NO3S. The molecule has 0 radical (unpaired) electrons. The van der Waals surface area contributed by atoms with E-state index in [0.717, 1.165) is 41.2 Å². The number of carboxylic acid groups (broad SMARTS) is 1. The normalized spacial score (nSPS) is 16.7. The molecule has 0 unspecified atom stereocenters. The number of halogens is 4. The van der Waals surface area contributed by atoms with Crippen LogP contribution in [0.1, 0.15) is 48.5 Å². The number of fused-ring (bicyclic) bond motifs is 1. The van der Waals surface area contributed by atoms with E-state index in [1.807, 2.05) is 0 Å². The first-order valence-electron chi connectivity index (χ1n) is 10.9. The summed E-state index contributed by atoms with van der Waals surface area (Å²) >= 11 is 7.44. The number of carbonyl (C=O) groups excluding carboxylic acids is 1. The van der Waals surface area contributed by atoms with Crippen molar-refractivity contribution in [2.45, 2.75) is 44.2 Å². The van der Waals surface area contributed by atoms with E-state index in [0.29, 0.717) is 10.4 Å². The van der Waals surface area contributed by atoms with Gasteiger partial charge in [-0.15, -0.1) is 11.3 Å². The minimum atomic E-state index is -4.58. The van der Waals surface area contributed by atoms with Crippen LogP contribution in [0.2, 0.25) is 5.02 Å². The molecule has 1 aromatic heterocycles. The van der Waals surface area contributed by atoms with E-state index in [-0.39, 0.29) is 29.0 Å². The van der Waals surface area contributed by atoms with Crippen LogP contribution in [0.4, 0.5) is 18.9 Å². The molecule has 3 atom stereocenters. The number of carboxylic acids is 1. The summed E-state index contributed by atoms with van der Waals surface area (Å²) in [6.45, 7) is 1.00. The Labute approximate surface area is 203 Å². The molecule has 0 bridgehead atoms. The second-order valence-electron chi connectivity index (χ2n) is 8.76. The van der Waals surface area contributed by atoms with Gasteiger partial charge in [0.1, 0.15) is 0 Å². The highest BCUT2D eigenvalue weighted by Gasteiger charge is 2.45. The zero-order valence-corrected chi connectivity index (χ0v) is 19.8. The summed E-state index contributed by atoms with van der Waals surface area (Å²) < 4.78 is 42.0. The zero-order chi connectivity index (χ0) is 24.6. The van der Waals surface area contributed by atoms with Crippen LogP contribution >= 0.6 is 22.9 Å². The molecule has 4 rings (SSSR count). The lowest BCUT2D eigenvalue weighted by Gasteiger charge is -2.25. The van der Waals surface area contributed by atoms with Crippen molar-refractivity contribution < 1.29 is 27.9 Å². The molecule has 0 saturated heterocycles. The van der Waals surface area contributed by atoms with Gasteiger partial charge in [-0.3, -0.25) is 9.59 Å². The Kier molecular flexibility index (Phi) is 6.92. The lowest BCUT2D eigenvalue weighted by atomic mass is 9.89. The Hall–Kier alpha value is -2.58. The fraction of sp³-hybridized carbons (Fsp3) is 0.360. The van der Waals surface area contributed by atoms with Crippen molar-refractivity contribution in [2.24, 2.45) is 11.8 Å². The lowest BCUT2D eigenvalue weighted by Crippen LogP contribution is -2.34. The molecule has 9 heteroatoms. The number of alkyl halides is 3. The molecule has 1 aliphatic carbocycles. The fourth-order valence-corrected chi connectivity index (χ4v) is 5.70. The molecular weight excluding hydrogens is 487 g/mol. The largest absolute Gasteiger partial charge is 0.481 e. The maximum atomic E-state index is 13.7.